The molecule has 1 aromatic rings. The van der Waals surface area contributed by atoms with E-state index in [0.29, 0.717) is 19.7 Å². The van der Waals surface area contributed by atoms with Crippen molar-refractivity contribution in [2.45, 2.75) is 52.1 Å². The van der Waals surface area contributed by atoms with E-state index in [1.54, 1.807) is 7.11 Å². The Hall–Kier alpha value is -1.13. The lowest BCUT2D eigenvalue weighted by Gasteiger charge is -2.22. The highest BCUT2D eigenvalue weighted by Crippen LogP contribution is 2.20. The van der Waals surface area contributed by atoms with Gasteiger partial charge in [-0.3, -0.25) is 4.79 Å². The molecule has 0 atom stereocenters. The van der Waals surface area contributed by atoms with Gasteiger partial charge in [0.1, 0.15) is 0 Å². The highest BCUT2D eigenvalue weighted by molar-refractivity contribution is 5.29. The van der Waals surface area contributed by atoms with Crippen molar-refractivity contribution in [2.75, 3.05) is 20.3 Å². The van der Waals surface area contributed by atoms with Crippen LogP contribution in [-0.2, 0) is 30.7 Å². The van der Waals surface area contributed by atoms with Crippen LogP contribution in [0.15, 0.2) is 10.9 Å². The molecule has 0 aromatic carbocycles. The van der Waals surface area contributed by atoms with E-state index in [-0.39, 0.29) is 5.56 Å². The van der Waals surface area contributed by atoms with E-state index in [1.807, 2.05) is 4.57 Å². The number of rotatable bonds is 7. The topological polar surface area (TPSA) is 43.3 Å². The van der Waals surface area contributed by atoms with E-state index in [1.165, 1.54) is 24.1 Å². The summed E-state index contributed by atoms with van der Waals surface area (Å²) in [5, 5.41) is 3.34. The summed E-state index contributed by atoms with van der Waals surface area (Å²) in [4.78, 5) is 12.6. The molecule has 4 heteroatoms. The number of pyridine rings is 1. The SMILES string of the molecule is CCCNCc1cc2c(n(CCOC)c1=O)CCCC2. The van der Waals surface area contributed by atoms with Gasteiger partial charge in [-0.15, -0.1) is 0 Å². The second kappa shape index (κ2) is 7.60. The number of methoxy groups -OCH3 is 1. The van der Waals surface area contributed by atoms with Crippen LogP contribution >= 0.6 is 0 Å². The monoisotopic (exact) mass is 278 g/mol. The molecule has 0 saturated heterocycles. The van der Waals surface area contributed by atoms with Crippen LogP contribution in [0.1, 0.15) is 43.0 Å². The Morgan fingerprint density at radius 1 is 1.35 bits per heavy atom. The molecule has 4 nitrogen and oxygen atoms in total. The molecule has 1 aromatic heterocycles. The molecule has 0 unspecified atom stereocenters. The number of nitrogens with one attached hydrogen (secondary N) is 1. The summed E-state index contributed by atoms with van der Waals surface area (Å²) in [5.74, 6) is 0. The number of ether oxygens (including phenoxy) is 1. The van der Waals surface area contributed by atoms with Crippen molar-refractivity contribution in [1.82, 2.24) is 9.88 Å². The number of nitrogens with zero attached hydrogens (tertiary/aromatic N) is 1. The van der Waals surface area contributed by atoms with E-state index in [9.17, 15) is 4.79 Å². The molecule has 0 radical (unpaired) electrons. The van der Waals surface area contributed by atoms with Crippen LogP contribution in [0.2, 0.25) is 0 Å². The zero-order valence-electron chi connectivity index (χ0n) is 12.7. The molecule has 0 saturated carbocycles. The molecule has 1 heterocycles. The second-order valence-corrected chi connectivity index (χ2v) is 5.47. The smallest absolute Gasteiger partial charge is 0.255 e. The molecule has 1 N–H and O–H groups in total. The molecule has 0 spiro atoms. The summed E-state index contributed by atoms with van der Waals surface area (Å²) in [5.41, 5.74) is 3.65. The Kier molecular flexibility index (Phi) is 5.80. The summed E-state index contributed by atoms with van der Waals surface area (Å²) < 4.78 is 7.10. The van der Waals surface area contributed by atoms with Gasteiger partial charge in [-0.25, -0.2) is 0 Å². The number of aromatic nitrogens is 1. The highest BCUT2D eigenvalue weighted by Gasteiger charge is 2.17. The Bertz CT molecular complexity index is 494. The van der Waals surface area contributed by atoms with Crippen molar-refractivity contribution in [3.63, 3.8) is 0 Å². The van der Waals surface area contributed by atoms with Gasteiger partial charge in [0.25, 0.3) is 5.56 Å². The zero-order valence-corrected chi connectivity index (χ0v) is 12.7. The van der Waals surface area contributed by atoms with Crippen molar-refractivity contribution in [3.05, 3.63) is 33.2 Å². The van der Waals surface area contributed by atoms with Gasteiger partial charge >= 0.3 is 0 Å². The fourth-order valence-electron chi connectivity index (χ4n) is 2.89. The summed E-state index contributed by atoms with van der Waals surface area (Å²) in [6.45, 7) is 5.02. The van der Waals surface area contributed by atoms with Gasteiger partial charge in [-0.05, 0) is 50.3 Å². The second-order valence-electron chi connectivity index (χ2n) is 5.47. The van der Waals surface area contributed by atoms with Crippen LogP contribution < -0.4 is 10.9 Å². The molecule has 0 aliphatic heterocycles. The molecule has 1 aliphatic carbocycles. The van der Waals surface area contributed by atoms with Crippen molar-refractivity contribution in [3.8, 4) is 0 Å². The lowest BCUT2D eigenvalue weighted by molar-refractivity contribution is 0.184. The molecule has 0 fully saturated rings. The number of hydrogen-bond donors (Lipinski definition) is 1. The lowest BCUT2D eigenvalue weighted by atomic mass is 9.94. The molecular formula is C16H26N2O2. The summed E-state index contributed by atoms with van der Waals surface area (Å²) >= 11 is 0. The highest BCUT2D eigenvalue weighted by atomic mass is 16.5. The van der Waals surface area contributed by atoms with Gasteiger partial charge in [0.2, 0.25) is 0 Å². The molecular weight excluding hydrogens is 252 g/mol. The molecule has 0 bridgehead atoms. The van der Waals surface area contributed by atoms with E-state index >= 15 is 0 Å². The minimum absolute atomic E-state index is 0.159. The third kappa shape index (κ3) is 3.49. The first-order valence-electron chi connectivity index (χ1n) is 7.72. The zero-order chi connectivity index (χ0) is 14.4. The Balaban J connectivity index is 2.30. The van der Waals surface area contributed by atoms with Gasteiger partial charge in [-0.1, -0.05) is 6.92 Å². The van der Waals surface area contributed by atoms with E-state index in [2.05, 4.69) is 18.3 Å². The maximum absolute atomic E-state index is 12.6. The maximum Gasteiger partial charge on any atom is 0.255 e. The van der Waals surface area contributed by atoms with E-state index in [4.69, 9.17) is 4.74 Å². The van der Waals surface area contributed by atoms with Crippen LogP contribution in [0.3, 0.4) is 0 Å². The molecule has 1 aliphatic rings. The van der Waals surface area contributed by atoms with Crippen LogP contribution in [0.4, 0.5) is 0 Å². The van der Waals surface area contributed by atoms with Crippen molar-refractivity contribution in [1.29, 1.82) is 0 Å². The summed E-state index contributed by atoms with van der Waals surface area (Å²) in [7, 11) is 1.68. The van der Waals surface area contributed by atoms with Crippen molar-refractivity contribution >= 4 is 0 Å². The fourth-order valence-corrected chi connectivity index (χ4v) is 2.89. The van der Waals surface area contributed by atoms with Crippen molar-refractivity contribution < 1.29 is 4.74 Å². The summed E-state index contributed by atoms with van der Waals surface area (Å²) in [6.07, 6.45) is 5.63. The fraction of sp³-hybridized carbons (Fsp3) is 0.688. The van der Waals surface area contributed by atoms with E-state index < -0.39 is 0 Å². The van der Waals surface area contributed by atoms with Gasteiger partial charge in [0, 0.05) is 31.5 Å². The normalized spacial score (nSPS) is 14.3. The van der Waals surface area contributed by atoms with Gasteiger partial charge in [0.05, 0.1) is 6.61 Å². The Morgan fingerprint density at radius 3 is 2.90 bits per heavy atom. The van der Waals surface area contributed by atoms with Crippen LogP contribution in [0.5, 0.6) is 0 Å². The summed E-state index contributed by atoms with van der Waals surface area (Å²) in [6, 6.07) is 2.13. The van der Waals surface area contributed by atoms with Gasteiger partial charge in [-0.2, -0.15) is 0 Å². The molecule has 0 amide bonds. The van der Waals surface area contributed by atoms with Crippen molar-refractivity contribution in [2.24, 2.45) is 0 Å². The minimum atomic E-state index is 0.159. The number of fused-ring (bicyclic) bond motifs is 1. The number of hydrogen-bond acceptors (Lipinski definition) is 3. The maximum atomic E-state index is 12.6. The Morgan fingerprint density at radius 2 is 2.15 bits per heavy atom. The quantitative estimate of drug-likeness (QED) is 0.774. The van der Waals surface area contributed by atoms with E-state index in [0.717, 1.165) is 31.4 Å². The first kappa shape index (κ1) is 15.3. The molecule has 112 valence electrons. The number of aryl methyl sites for hydroxylation is 1. The van der Waals surface area contributed by atoms with Crippen LogP contribution in [0.25, 0.3) is 0 Å². The molecule has 20 heavy (non-hydrogen) atoms. The molecule has 2 rings (SSSR count). The standard InChI is InChI=1S/C16H26N2O2/c1-3-8-17-12-14-11-13-6-4-5-7-15(13)18(16(14)19)9-10-20-2/h11,17H,3-10,12H2,1-2H3. The third-order valence-electron chi connectivity index (χ3n) is 3.94. The predicted molar refractivity (Wildman–Crippen MR) is 81.2 cm³/mol. The average molecular weight is 278 g/mol. The third-order valence-corrected chi connectivity index (χ3v) is 3.94. The van der Waals surface area contributed by atoms with Crippen LogP contribution in [-0.4, -0.2) is 24.8 Å². The first-order chi connectivity index (χ1) is 9.77. The predicted octanol–water partition coefficient (Wildman–Crippen LogP) is 1.87. The largest absolute Gasteiger partial charge is 0.383 e. The minimum Gasteiger partial charge on any atom is -0.383 e. The van der Waals surface area contributed by atoms with Crippen LogP contribution in [0, 0.1) is 0 Å². The Labute approximate surface area is 121 Å². The van der Waals surface area contributed by atoms with Gasteiger partial charge < -0.3 is 14.6 Å². The average Bonchev–Trinajstić information content (AvgIpc) is 2.47. The first-order valence-corrected chi connectivity index (χ1v) is 7.72. The van der Waals surface area contributed by atoms with Gasteiger partial charge in [0.15, 0.2) is 0 Å². The lowest BCUT2D eigenvalue weighted by Crippen LogP contribution is -2.33.